The van der Waals surface area contributed by atoms with Crippen molar-refractivity contribution in [2.45, 2.75) is 44.8 Å². The second-order valence-electron chi connectivity index (χ2n) is 8.56. The van der Waals surface area contributed by atoms with Gasteiger partial charge in [0.1, 0.15) is 23.9 Å². The highest BCUT2D eigenvalue weighted by molar-refractivity contribution is 5.91. The highest BCUT2D eigenvalue weighted by Gasteiger charge is 2.25. The number of para-hydroxylation sites is 1. The molecular formula is C25H30N4O5. The Kier molecular flexibility index (Phi) is 8.17. The Bertz CT molecular complexity index is 1160. The number of esters is 3. The van der Waals surface area contributed by atoms with Crippen LogP contribution in [-0.4, -0.2) is 41.0 Å². The number of nitrogens with one attached hydrogen (secondary N) is 1. The van der Waals surface area contributed by atoms with Gasteiger partial charge in [0.2, 0.25) is 0 Å². The fraction of sp³-hybridized carbons (Fsp3) is 0.320. The first kappa shape index (κ1) is 25.1. The molecule has 0 spiro atoms. The van der Waals surface area contributed by atoms with Gasteiger partial charge in [-0.25, -0.2) is 14.4 Å². The van der Waals surface area contributed by atoms with Gasteiger partial charge in [-0.3, -0.25) is 0 Å². The molecule has 0 fully saturated rings. The summed E-state index contributed by atoms with van der Waals surface area (Å²) in [5, 5.41) is 0.953. The van der Waals surface area contributed by atoms with Crippen LogP contribution in [0.15, 0.2) is 54.7 Å². The summed E-state index contributed by atoms with van der Waals surface area (Å²) in [6.07, 6.45) is 2.12. The maximum atomic E-state index is 12.3. The molecule has 1 heterocycles. The third-order valence-electron chi connectivity index (χ3n) is 5.51. The number of carbonyl (C=O) groups is 3. The van der Waals surface area contributed by atoms with E-state index >= 15 is 0 Å². The Hall–Kier alpha value is -3.53. The minimum absolute atomic E-state index is 0.0472. The molecule has 9 nitrogen and oxygen atoms in total. The van der Waals surface area contributed by atoms with Crippen molar-refractivity contribution in [2.24, 2.45) is 23.1 Å². The fourth-order valence-electron chi connectivity index (χ4n) is 3.36. The van der Waals surface area contributed by atoms with E-state index in [9.17, 15) is 14.4 Å². The highest BCUT2D eigenvalue weighted by atomic mass is 16.6. The van der Waals surface area contributed by atoms with Crippen molar-refractivity contribution < 1.29 is 23.9 Å². The third-order valence-corrected chi connectivity index (χ3v) is 5.51. The standard InChI is InChI=1S/C25H30N4O5/c1-14(2)22(28)25(32)33-17-9-7-15(8-10-17)11-19(26)23(30)34-24(31)20(27)12-16-13-29-21-6-4-3-5-18(16)21/h3-10,13-14,19-20,22,29H,11-12,26-28H2,1-2H3/t19-,20-,22-/m0/s1. The number of benzene rings is 2. The van der Waals surface area contributed by atoms with Crippen molar-refractivity contribution in [3.8, 4) is 5.75 Å². The molecule has 3 atom stereocenters. The van der Waals surface area contributed by atoms with Crippen molar-refractivity contribution in [1.29, 1.82) is 0 Å². The minimum Gasteiger partial charge on any atom is -0.425 e. The largest absolute Gasteiger partial charge is 0.425 e. The summed E-state index contributed by atoms with van der Waals surface area (Å²) in [6.45, 7) is 3.66. The quantitative estimate of drug-likeness (QED) is 0.210. The summed E-state index contributed by atoms with van der Waals surface area (Å²) >= 11 is 0. The molecular weight excluding hydrogens is 436 g/mol. The average molecular weight is 467 g/mol. The number of hydrogen-bond donors (Lipinski definition) is 4. The van der Waals surface area contributed by atoms with Crippen molar-refractivity contribution >= 4 is 28.8 Å². The number of H-pyrrole nitrogens is 1. The molecule has 0 aliphatic carbocycles. The van der Waals surface area contributed by atoms with Gasteiger partial charge in [0.05, 0.1) is 0 Å². The molecule has 0 radical (unpaired) electrons. The summed E-state index contributed by atoms with van der Waals surface area (Å²) in [6, 6.07) is 11.3. The lowest BCUT2D eigenvalue weighted by Crippen LogP contribution is -2.41. The van der Waals surface area contributed by atoms with E-state index in [4.69, 9.17) is 26.7 Å². The lowest BCUT2D eigenvalue weighted by atomic mass is 10.1. The molecule has 7 N–H and O–H groups in total. The van der Waals surface area contributed by atoms with Crippen LogP contribution in [0.4, 0.5) is 0 Å². The second kappa shape index (κ2) is 11.1. The van der Waals surface area contributed by atoms with E-state index < -0.39 is 36.0 Å². The van der Waals surface area contributed by atoms with Crippen molar-refractivity contribution in [3.63, 3.8) is 0 Å². The van der Waals surface area contributed by atoms with Gasteiger partial charge in [0.15, 0.2) is 0 Å². The first-order chi connectivity index (χ1) is 16.2. The number of ether oxygens (including phenoxy) is 2. The van der Waals surface area contributed by atoms with Crippen molar-refractivity contribution in [2.75, 3.05) is 0 Å². The monoisotopic (exact) mass is 466 g/mol. The molecule has 0 unspecified atom stereocenters. The number of aromatic amines is 1. The van der Waals surface area contributed by atoms with Gasteiger partial charge in [-0.2, -0.15) is 0 Å². The molecule has 0 amide bonds. The molecule has 9 heteroatoms. The predicted molar refractivity (Wildman–Crippen MR) is 128 cm³/mol. The zero-order chi connectivity index (χ0) is 24.8. The molecule has 3 aromatic rings. The maximum absolute atomic E-state index is 12.3. The first-order valence-corrected chi connectivity index (χ1v) is 11.0. The van der Waals surface area contributed by atoms with Crippen LogP contribution in [-0.2, 0) is 32.0 Å². The zero-order valence-corrected chi connectivity index (χ0v) is 19.2. The SMILES string of the molecule is CC(C)[C@H](N)C(=O)Oc1ccc(C[C@H](N)C(=O)OC(=O)[C@@H](N)Cc2c[nH]c3ccccc23)cc1. The van der Waals surface area contributed by atoms with Crippen LogP contribution in [0, 0.1) is 5.92 Å². The summed E-state index contributed by atoms with van der Waals surface area (Å²) in [5.41, 5.74) is 20.2. The van der Waals surface area contributed by atoms with Gasteiger partial charge in [0, 0.05) is 23.5 Å². The van der Waals surface area contributed by atoms with E-state index in [1.807, 2.05) is 38.1 Å². The van der Waals surface area contributed by atoms with Gasteiger partial charge >= 0.3 is 17.9 Å². The topological polar surface area (TPSA) is 164 Å². The van der Waals surface area contributed by atoms with E-state index in [0.29, 0.717) is 11.3 Å². The van der Waals surface area contributed by atoms with E-state index in [1.165, 1.54) is 0 Å². The Labute approximate surface area is 197 Å². The van der Waals surface area contributed by atoms with Crippen molar-refractivity contribution in [3.05, 3.63) is 65.9 Å². The number of carbonyl (C=O) groups excluding carboxylic acids is 3. The maximum Gasteiger partial charge on any atom is 0.330 e. The molecule has 0 aliphatic heterocycles. The average Bonchev–Trinajstić information content (AvgIpc) is 3.22. The molecule has 2 aromatic carbocycles. The van der Waals surface area contributed by atoms with Gasteiger partial charge in [0.25, 0.3) is 0 Å². The van der Waals surface area contributed by atoms with Crippen LogP contribution >= 0.6 is 0 Å². The van der Waals surface area contributed by atoms with E-state index in [1.54, 1.807) is 30.5 Å². The Morgan fingerprint density at radius 3 is 2.12 bits per heavy atom. The summed E-state index contributed by atoms with van der Waals surface area (Å²) < 4.78 is 10.2. The Balaban J connectivity index is 1.51. The van der Waals surface area contributed by atoms with Gasteiger partial charge < -0.3 is 31.7 Å². The number of rotatable bonds is 9. The van der Waals surface area contributed by atoms with Gasteiger partial charge in [-0.15, -0.1) is 0 Å². The number of fused-ring (bicyclic) bond motifs is 1. The highest BCUT2D eigenvalue weighted by Crippen LogP contribution is 2.19. The molecule has 1 aromatic heterocycles. The van der Waals surface area contributed by atoms with Gasteiger partial charge in [-0.1, -0.05) is 44.2 Å². The van der Waals surface area contributed by atoms with E-state index in [2.05, 4.69) is 4.98 Å². The van der Waals surface area contributed by atoms with Crippen LogP contribution in [0.2, 0.25) is 0 Å². The molecule has 3 rings (SSSR count). The molecule has 0 saturated heterocycles. The molecule has 0 bridgehead atoms. The normalized spacial score (nSPS) is 13.9. The van der Waals surface area contributed by atoms with Crippen LogP contribution < -0.4 is 21.9 Å². The van der Waals surface area contributed by atoms with Crippen molar-refractivity contribution in [1.82, 2.24) is 4.98 Å². The lowest BCUT2D eigenvalue weighted by molar-refractivity contribution is -0.161. The Morgan fingerprint density at radius 2 is 1.47 bits per heavy atom. The lowest BCUT2D eigenvalue weighted by Gasteiger charge is -2.15. The molecule has 0 aliphatic rings. The Morgan fingerprint density at radius 1 is 0.853 bits per heavy atom. The van der Waals surface area contributed by atoms with E-state index in [-0.39, 0.29) is 18.8 Å². The number of nitrogens with two attached hydrogens (primary N) is 3. The van der Waals surface area contributed by atoms with Crippen LogP contribution in [0.1, 0.15) is 25.0 Å². The minimum atomic E-state index is -1.06. The summed E-state index contributed by atoms with van der Waals surface area (Å²) in [7, 11) is 0. The third kappa shape index (κ3) is 6.28. The smallest absolute Gasteiger partial charge is 0.330 e. The molecule has 0 saturated carbocycles. The first-order valence-electron chi connectivity index (χ1n) is 11.0. The number of aromatic nitrogens is 1. The summed E-state index contributed by atoms with van der Waals surface area (Å²) in [4.78, 5) is 39.7. The zero-order valence-electron chi connectivity index (χ0n) is 19.2. The summed E-state index contributed by atoms with van der Waals surface area (Å²) in [5.74, 6) is -1.94. The van der Waals surface area contributed by atoms with Gasteiger partial charge in [-0.05, 0) is 41.7 Å². The van der Waals surface area contributed by atoms with Crippen LogP contribution in [0.3, 0.4) is 0 Å². The van der Waals surface area contributed by atoms with E-state index in [0.717, 1.165) is 16.5 Å². The molecule has 34 heavy (non-hydrogen) atoms. The molecule has 180 valence electrons. The second-order valence-corrected chi connectivity index (χ2v) is 8.56. The van der Waals surface area contributed by atoms with Crippen LogP contribution in [0.5, 0.6) is 5.75 Å². The predicted octanol–water partition coefficient (Wildman–Crippen LogP) is 1.57. The number of hydrogen-bond acceptors (Lipinski definition) is 8. The fourth-order valence-corrected chi connectivity index (χ4v) is 3.36. The van der Waals surface area contributed by atoms with Crippen LogP contribution in [0.25, 0.3) is 10.9 Å².